The molecule has 0 aliphatic carbocycles. The van der Waals surface area contributed by atoms with Crippen LogP contribution >= 0.6 is 0 Å². The molecule has 3 nitrogen and oxygen atoms in total. The Balaban J connectivity index is 0.000000882. The van der Waals surface area contributed by atoms with Gasteiger partial charge in [-0.15, -0.1) is 0 Å². The third-order valence-corrected chi connectivity index (χ3v) is 4.18. The molecule has 1 aliphatic heterocycles. The third kappa shape index (κ3) is 2.07. The molecule has 3 aromatic rings. The minimum atomic E-state index is 0. The minimum absolute atomic E-state index is 0. The van der Waals surface area contributed by atoms with Crippen LogP contribution in [0, 0.1) is 13.8 Å². The van der Waals surface area contributed by atoms with Crippen LogP contribution in [0.5, 0.6) is 0 Å². The van der Waals surface area contributed by atoms with Crippen molar-refractivity contribution in [3.05, 3.63) is 63.4 Å². The highest BCUT2D eigenvalue weighted by Crippen LogP contribution is 2.31. The predicted octanol–water partition coefficient (Wildman–Crippen LogP) is 3.54. The number of nitrogens with zero attached hydrogens (tertiary/aromatic N) is 2. The van der Waals surface area contributed by atoms with Gasteiger partial charge in [0.15, 0.2) is 0 Å². The van der Waals surface area contributed by atoms with Crippen LogP contribution < -0.4 is 5.56 Å². The van der Waals surface area contributed by atoms with Crippen molar-refractivity contribution in [2.75, 3.05) is 0 Å². The summed E-state index contributed by atoms with van der Waals surface area (Å²) in [6.07, 6.45) is 0. The van der Waals surface area contributed by atoms with Crippen molar-refractivity contribution >= 4 is 19.3 Å². The summed E-state index contributed by atoms with van der Waals surface area (Å²) in [6, 6.07) is 12.3. The largest absolute Gasteiger partial charge is 0.302 e. The van der Waals surface area contributed by atoms with Gasteiger partial charge in [-0.1, -0.05) is 25.6 Å². The lowest BCUT2D eigenvalue weighted by molar-refractivity contribution is 0.792. The molecule has 22 heavy (non-hydrogen) atoms. The van der Waals surface area contributed by atoms with Crippen molar-refractivity contribution in [2.24, 2.45) is 0 Å². The van der Waals surface area contributed by atoms with Crippen molar-refractivity contribution < 1.29 is 1.43 Å². The first-order valence-corrected chi connectivity index (χ1v) is 6.75. The number of hydrogen-bond donors (Lipinski definition) is 0. The summed E-state index contributed by atoms with van der Waals surface area (Å²) in [4.78, 5) is 17.1. The van der Waals surface area contributed by atoms with E-state index in [2.05, 4.69) is 18.2 Å². The van der Waals surface area contributed by atoms with Crippen LogP contribution in [0.15, 0.2) is 41.2 Å². The van der Waals surface area contributed by atoms with Gasteiger partial charge in [-0.25, -0.2) is 4.98 Å². The Hall–Kier alpha value is -2.36. The smallest absolute Gasteiger partial charge is 0.254 e. The number of hydrogen-bond acceptors (Lipinski definition) is 2. The predicted molar refractivity (Wildman–Crippen MR) is 94.6 cm³/mol. The number of aromatic nitrogens is 2. The average Bonchev–Trinajstić information content (AvgIpc) is 2.80. The van der Waals surface area contributed by atoms with E-state index < -0.39 is 0 Å². The molecule has 0 spiro atoms. The zero-order valence-corrected chi connectivity index (χ0v) is 12.1. The summed E-state index contributed by atoms with van der Waals surface area (Å²) in [5.74, 6) is 0. The molecule has 3 radical (unpaired) electrons. The molecule has 2 aromatic heterocycles. The van der Waals surface area contributed by atoms with E-state index in [-0.39, 0.29) is 22.8 Å². The quantitative estimate of drug-likeness (QED) is 0.465. The molecule has 3 heterocycles. The number of fused-ring (bicyclic) bond motifs is 4. The fourth-order valence-electron chi connectivity index (χ4n) is 2.90. The Morgan fingerprint density at radius 1 is 1.18 bits per heavy atom. The highest BCUT2D eigenvalue weighted by atomic mass is 16.1. The molecule has 0 amide bonds. The fraction of sp³-hybridized carbons (Fsp3) is 0.222. The van der Waals surface area contributed by atoms with Gasteiger partial charge in [-0.2, -0.15) is 0 Å². The van der Waals surface area contributed by atoms with E-state index in [4.69, 9.17) is 4.98 Å². The molecular formula is C18H20BN2O. The summed E-state index contributed by atoms with van der Waals surface area (Å²) < 4.78 is 1.83. The highest BCUT2D eigenvalue weighted by Gasteiger charge is 2.22. The number of aryl methyl sites for hydroxylation is 1. The van der Waals surface area contributed by atoms with Gasteiger partial charge in [0, 0.05) is 26.4 Å². The molecule has 0 saturated carbocycles. The van der Waals surface area contributed by atoms with Crippen LogP contribution in [0.3, 0.4) is 0 Å². The minimum Gasteiger partial charge on any atom is -0.302 e. The van der Waals surface area contributed by atoms with Gasteiger partial charge < -0.3 is 4.57 Å². The van der Waals surface area contributed by atoms with Crippen LogP contribution in [-0.4, -0.2) is 18.0 Å². The second kappa shape index (κ2) is 5.45. The first kappa shape index (κ1) is 16.0. The van der Waals surface area contributed by atoms with E-state index >= 15 is 0 Å². The molecule has 4 rings (SSSR count). The third-order valence-electron chi connectivity index (χ3n) is 4.18. The normalized spacial score (nSPS) is 11.4. The fourth-order valence-corrected chi connectivity index (χ4v) is 2.90. The molecule has 0 bridgehead atoms. The van der Waals surface area contributed by atoms with E-state index in [1.54, 1.807) is 0 Å². The van der Waals surface area contributed by atoms with Crippen LogP contribution in [0.1, 0.15) is 25.5 Å². The summed E-state index contributed by atoms with van der Waals surface area (Å²) in [5.41, 5.74) is 5.95. The van der Waals surface area contributed by atoms with Crippen LogP contribution in [-0.2, 0) is 6.54 Å². The Kier molecular flexibility index (Phi) is 3.97. The standard InChI is InChI=1S/C17H14N2O.CH4.B.H2/c1-10-7-15-16-13(9-19(15)17(20)11(10)2)8-12-5-3-4-6-14(12)18-16;;;/h3-8H,9H2,1-2H3;1H4;;1H/i;;;1+1. The average molecular weight is 292 g/mol. The Bertz CT molecular complexity index is 934. The Morgan fingerprint density at radius 2 is 1.91 bits per heavy atom. The second-order valence-corrected chi connectivity index (χ2v) is 5.42. The van der Waals surface area contributed by atoms with Crippen molar-refractivity contribution in [3.8, 4) is 11.4 Å². The lowest BCUT2D eigenvalue weighted by Gasteiger charge is -2.07. The number of pyridine rings is 2. The van der Waals surface area contributed by atoms with E-state index in [0.717, 1.165) is 39.0 Å². The molecule has 0 N–H and O–H groups in total. The molecule has 0 unspecified atom stereocenters. The van der Waals surface area contributed by atoms with Gasteiger partial charge in [-0.05, 0) is 37.6 Å². The molecule has 0 atom stereocenters. The number of benzene rings is 1. The van der Waals surface area contributed by atoms with Crippen LogP contribution in [0.4, 0.5) is 0 Å². The topological polar surface area (TPSA) is 34.9 Å². The van der Waals surface area contributed by atoms with Crippen LogP contribution in [0.25, 0.3) is 22.3 Å². The van der Waals surface area contributed by atoms with E-state index in [1.807, 2.05) is 36.6 Å². The molecule has 0 saturated heterocycles. The van der Waals surface area contributed by atoms with Crippen molar-refractivity contribution in [1.82, 2.24) is 9.55 Å². The highest BCUT2D eigenvalue weighted by molar-refractivity contribution is 5.83. The molecule has 4 heteroatoms. The van der Waals surface area contributed by atoms with Crippen molar-refractivity contribution in [3.63, 3.8) is 0 Å². The molecule has 0 fully saturated rings. The second-order valence-electron chi connectivity index (χ2n) is 5.42. The summed E-state index contributed by atoms with van der Waals surface area (Å²) >= 11 is 0. The zero-order valence-electron chi connectivity index (χ0n) is 12.1. The zero-order chi connectivity index (χ0) is 13.9. The van der Waals surface area contributed by atoms with Gasteiger partial charge in [-0.3, -0.25) is 4.79 Å². The summed E-state index contributed by atoms with van der Waals surface area (Å²) in [5, 5.41) is 1.13. The number of para-hydroxylation sites is 1. The molecule has 1 aromatic carbocycles. The summed E-state index contributed by atoms with van der Waals surface area (Å²) in [6.45, 7) is 4.50. The van der Waals surface area contributed by atoms with Crippen molar-refractivity contribution in [2.45, 2.75) is 27.8 Å². The first-order chi connectivity index (χ1) is 9.65. The monoisotopic (exact) mass is 292 g/mol. The first-order valence-electron chi connectivity index (χ1n) is 6.75. The lowest BCUT2D eigenvalue weighted by Crippen LogP contribution is -2.22. The van der Waals surface area contributed by atoms with Crippen LogP contribution in [0.2, 0.25) is 0 Å². The molecule has 1 aliphatic rings. The Morgan fingerprint density at radius 3 is 2.68 bits per heavy atom. The maximum Gasteiger partial charge on any atom is 0.254 e. The SMILES string of the molecule is C.Cc1cc2n(c(=O)c1C)Cc1cc3ccccc3nc1-2.[2HH].[B]. The van der Waals surface area contributed by atoms with E-state index in [1.165, 1.54) is 0 Å². The van der Waals surface area contributed by atoms with Gasteiger partial charge >= 0.3 is 0 Å². The molecular weight excluding hydrogens is 271 g/mol. The van der Waals surface area contributed by atoms with Gasteiger partial charge in [0.25, 0.3) is 5.56 Å². The van der Waals surface area contributed by atoms with Gasteiger partial charge in [0.05, 0.1) is 23.4 Å². The van der Waals surface area contributed by atoms with Gasteiger partial charge in [0.2, 0.25) is 0 Å². The molecule has 111 valence electrons. The van der Waals surface area contributed by atoms with Crippen molar-refractivity contribution in [1.29, 1.82) is 0 Å². The maximum atomic E-state index is 12.4. The maximum absolute atomic E-state index is 12.4. The van der Waals surface area contributed by atoms with E-state index in [9.17, 15) is 4.79 Å². The van der Waals surface area contributed by atoms with Gasteiger partial charge in [0.1, 0.15) is 0 Å². The number of rotatable bonds is 0. The summed E-state index contributed by atoms with van der Waals surface area (Å²) in [7, 11) is 0. The Labute approximate surface area is 133 Å². The lowest BCUT2D eigenvalue weighted by atomic mass is 10.1. The van der Waals surface area contributed by atoms with E-state index in [0.29, 0.717) is 6.54 Å².